The average molecular weight is 317 g/mol. The van der Waals surface area contributed by atoms with Gasteiger partial charge in [-0.25, -0.2) is 4.79 Å². The molecule has 0 fully saturated rings. The Bertz CT molecular complexity index is 712. The number of aliphatic hydroxyl groups excluding tert-OH is 1. The molecule has 23 heavy (non-hydrogen) atoms. The van der Waals surface area contributed by atoms with Crippen LogP contribution in [0.4, 0.5) is 0 Å². The van der Waals surface area contributed by atoms with Crippen molar-refractivity contribution in [3.63, 3.8) is 0 Å². The molecule has 0 saturated carbocycles. The fourth-order valence-corrected chi connectivity index (χ4v) is 2.02. The minimum Gasteiger partial charge on any atom is -0.491 e. The quantitative estimate of drug-likeness (QED) is 0.787. The Morgan fingerprint density at radius 1 is 1.43 bits per heavy atom. The van der Waals surface area contributed by atoms with Crippen LogP contribution in [0, 0.1) is 11.3 Å². The first-order valence-electron chi connectivity index (χ1n) is 7.46. The second-order valence-corrected chi connectivity index (χ2v) is 5.14. The second-order valence-electron chi connectivity index (χ2n) is 5.14. The highest BCUT2D eigenvalue weighted by molar-refractivity contribution is 5.28. The van der Waals surface area contributed by atoms with Gasteiger partial charge in [-0.15, -0.1) is 5.10 Å². The number of nitriles is 1. The Balaban J connectivity index is 1.86. The number of hydrogen-bond donors (Lipinski definition) is 1. The predicted molar refractivity (Wildman–Crippen MR) is 82.0 cm³/mol. The molecule has 1 N–H and O–H groups in total. The van der Waals surface area contributed by atoms with Crippen LogP contribution in [-0.4, -0.2) is 27.6 Å². The minimum atomic E-state index is -0.883. The fraction of sp³-hybridized carbons (Fsp3) is 0.438. The van der Waals surface area contributed by atoms with Gasteiger partial charge in [-0.05, 0) is 24.1 Å². The molecule has 1 aromatic heterocycles. The minimum absolute atomic E-state index is 0.0125. The van der Waals surface area contributed by atoms with E-state index in [0.717, 1.165) is 16.7 Å². The summed E-state index contributed by atoms with van der Waals surface area (Å²) < 4.78 is 11.5. The van der Waals surface area contributed by atoms with Crippen molar-refractivity contribution in [3.8, 4) is 11.8 Å². The van der Waals surface area contributed by atoms with E-state index in [2.05, 4.69) is 11.2 Å². The number of aromatic nitrogens is 2. The van der Waals surface area contributed by atoms with Crippen LogP contribution in [-0.2, 0) is 19.4 Å². The summed E-state index contributed by atoms with van der Waals surface area (Å²) in [5, 5.41) is 22.6. The van der Waals surface area contributed by atoms with Gasteiger partial charge in [0.1, 0.15) is 18.5 Å². The van der Waals surface area contributed by atoms with Crippen molar-refractivity contribution in [1.82, 2.24) is 9.78 Å². The lowest BCUT2D eigenvalue weighted by Crippen LogP contribution is -2.29. The Labute approximate surface area is 133 Å². The van der Waals surface area contributed by atoms with Gasteiger partial charge >= 0.3 is 5.76 Å². The molecule has 1 heterocycles. The van der Waals surface area contributed by atoms with Crippen molar-refractivity contribution in [2.75, 3.05) is 6.61 Å². The van der Waals surface area contributed by atoms with Gasteiger partial charge in [-0.3, -0.25) is 0 Å². The van der Waals surface area contributed by atoms with Crippen molar-refractivity contribution >= 4 is 0 Å². The second kappa shape index (κ2) is 8.15. The maximum Gasteiger partial charge on any atom is 0.437 e. The maximum atomic E-state index is 11.6. The first kappa shape index (κ1) is 16.8. The van der Waals surface area contributed by atoms with Crippen LogP contribution in [0.15, 0.2) is 33.5 Å². The lowest BCUT2D eigenvalue weighted by atomic mass is 10.2. The smallest absolute Gasteiger partial charge is 0.437 e. The van der Waals surface area contributed by atoms with Gasteiger partial charge in [0.15, 0.2) is 0 Å². The van der Waals surface area contributed by atoms with Crippen molar-refractivity contribution in [1.29, 1.82) is 5.26 Å². The van der Waals surface area contributed by atoms with Crippen molar-refractivity contribution in [2.45, 2.75) is 38.8 Å². The van der Waals surface area contributed by atoms with Crippen molar-refractivity contribution in [3.05, 3.63) is 46.3 Å². The average Bonchev–Trinajstić information content (AvgIpc) is 2.87. The van der Waals surface area contributed by atoms with E-state index in [1.54, 1.807) is 24.3 Å². The largest absolute Gasteiger partial charge is 0.491 e. The molecule has 1 atom stereocenters. The molecule has 7 heteroatoms. The summed E-state index contributed by atoms with van der Waals surface area (Å²) in [4.78, 5) is 11.6. The van der Waals surface area contributed by atoms with Gasteiger partial charge in [-0.1, -0.05) is 19.1 Å². The van der Waals surface area contributed by atoms with Crippen LogP contribution in [0.25, 0.3) is 0 Å². The first-order chi connectivity index (χ1) is 11.1. The van der Waals surface area contributed by atoms with Gasteiger partial charge in [0.2, 0.25) is 5.89 Å². The molecule has 0 saturated heterocycles. The summed E-state index contributed by atoms with van der Waals surface area (Å²) >= 11 is 0. The van der Waals surface area contributed by atoms with E-state index >= 15 is 0 Å². The molecule has 2 rings (SSSR count). The highest BCUT2D eigenvalue weighted by Crippen LogP contribution is 2.12. The fourth-order valence-electron chi connectivity index (χ4n) is 2.02. The number of ether oxygens (including phenoxy) is 1. The van der Waals surface area contributed by atoms with E-state index in [1.807, 2.05) is 6.92 Å². The van der Waals surface area contributed by atoms with Crippen molar-refractivity contribution in [2.24, 2.45) is 0 Å². The maximum absolute atomic E-state index is 11.6. The molecule has 0 aliphatic rings. The third-order valence-corrected chi connectivity index (χ3v) is 3.14. The van der Waals surface area contributed by atoms with Gasteiger partial charge in [0.05, 0.1) is 19.0 Å². The molecule has 0 amide bonds. The van der Waals surface area contributed by atoms with Crippen LogP contribution in [0.2, 0.25) is 0 Å². The zero-order valence-electron chi connectivity index (χ0n) is 12.9. The van der Waals surface area contributed by atoms with Gasteiger partial charge in [0, 0.05) is 6.42 Å². The van der Waals surface area contributed by atoms with Crippen LogP contribution in [0.5, 0.6) is 5.75 Å². The summed E-state index contributed by atoms with van der Waals surface area (Å²) in [5.74, 6) is 0.386. The standard InChI is InChI=1S/C16H19N3O4/c1-2-3-15-18-19(16(21)23-15)10-13(20)11-22-14-6-4-12(5-7-14)8-9-17/h4-7,13,20H,2-3,8,10-11H2,1H3. The van der Waals surface area contributed by atoms with Crippen LogP contribution >= 0.6 is 0 Å². The van der Waals surface area contributed by atoms with E-state index in [4.69, 9.17) is 14.4 Å². The Kier molecular flexibility index (Phi) is 5.94. The summed E-state index contributed by atoms with van der Waals surface area (Å²) in [6.45, 7) is 2.00. The van der Waals surface area contributed by atoms with Gasteiger partial charge < -0.3 is 14.3 Å². The van der Waals surface area contributed by atoms with E-state index < -0.39 is 11.9 Å². The summed E-state index contributed by atoms with van der Waals surface area (Å²) in [5.41, 5.74) is 0.901. The zero-order valence-corrected chi connectivity index (χ0v) is 12.9. The molecule has 0 spiro atoms. The van der Waals surface area contributed by atoms with Crippen LogP contribution in [0.3, 0.4) is 0 Å². The van der Waals surface area contributed by atoms with Gasteiger partial charge in [0.25, 0.3) is 0 Å². The Hall–Kier alpha value is -2.59. The molecule has 0 aliphatic heterocycles. The zero-order chi connectivity index (χ0) is 16.7. The molecule has 0 aliphatic carbocycles. The molecule has 1 aromatic carbocycles. The number of hydrogen-bond acceptors (Lipinski definition) is 6. The molecular formula is C16H19N3O4. The van der Waals surface area contributed by atoms with E-state index in [-0.39, 0.29) is 13.2 Å². The Morgan fingerprint density at radius 2 is 2.17 bits per heavy atom. The van der Waals surface area contributed by atoms with Crippen LogP contribution < -0.4 is 10.5 Å². The molecular weight excluding hydrogens is 298 g/mol. The predicted octanol–water partition coefficient (Wildman–Crippen LogP) is 1.29. The number of nitrogens with zero attached hydrogens (tertiary/aromatic N) is 3. The highest BCUT2D eigenvalue weighted by atomic mass is 16.5. The van der Waals surface area contributed by atoms with Gasteiger partial charge in [-0.2, -0.15) is 9.94 Å². The summed E-state index contributed by atoms with van der Waals surface area (Å²) in [6.07, 6.45) is 0.876. The lowest BCUT2D eigenvalue weighted by Gasteiger charge is -2.11. The third-order valence-electron chi connectivity index (χ3n) is 3.14. The van der Waals surface area contributed by atoms with E-state index in [9.17, 15) is 9.90 Å². The normalized spacial score (nSPS) is 11.9. The van der Waals surface area contributed by atoms with Crippen LogP contribution in [0.1, 0.15) is 24.8 Å². The molecule has 1 unspecified atom stereocenters. The topological polar surface area (TPSA) is 101 Å². The molecule has 122 valence electrons. The highest BCUT2D eigenvalue weighted by Gasteiger charge is 2.13. The molecule has 7 nitrogen and oxygen atoms in total. The lowest BCUT2D eigenvalue weighted by molar-refractivity contribution is 0.0875. The number of benzene rings is 1. The monoisotopic (exact) mass is 317 g/mol. The summed E-state index contributed by atoms with van der Waals surface area (Å²) in [7, 11) is 0. The van der Waals surface area contributed by atoms with Crippen molar-refractivity contribution < 1.29 is 14.3 Å². The molecule has 0 radical (unpaired) electrons. The SMILES string of the molecule is CCCc1nn(CC(O)COc2ccc(CC#N)cc2)c(=O)o1. The van der Waals surface area contributed by atoms with E-state index in [1.165, 1.54) is 0 Å². The number of aryl methyl sites for hydroxylation is 1. The molecule has 0 bridgehead atoms. The number of aliphatic hydroxyl groups is 1. The first-order valence-corrected chi connectivity index (χ1v) is 7.46. The third kappa shape index (κ3) is 4.97. The number of rotatable bonds is 8. The molecule has 2 aromatic rings. The van der Waals surface area contributed by atoms with E-state index in [0.29, 0.717) is 24.5 Å². The Morgan fingerprint density at radius 3 is 2.83 bits per heavy atom. The summed E-state index contributed by atoms with van der Waals surface area (Å²) in [6, 6.07) is 9.13.